The van der Waals surface area contributed by atoms with Gasteiger partial charge in [-0.3, -0.25) is 0 Å². The number of hydrogen-bond donors (Lipinski definition) is 1. The molecule has 1 aromatic rings. The summed E-state index contributed by atoms with van der Waals surface area (Å²) in [6.45, 7) is 6.28. The first kappa shape index (κ1) is 10.7. The van der Waals surface area contributed by atoms with Gasteiger partial charge in [0, 0.05) is 5.54 Å². The number of hydroxylamine groups is 2. The summed E-state index contributed by atoms with van der Waals surface area (Å²) < 4.78 is 0. The summed E-state index contributed by atoms with van der Waals surface area (Å²) in [5, 5.41) is 11.7. The van der Waals surface area contributed by atoms with E-state index in [0.29, 0.717) is 0 Å². The Morgan fingerprint density at radius 1 is 1.33 bits per heavy atom. The second-order valence-electron chi connectivity index (χ2n) is 5.07. The molecule has 1 N–H and O–H groups in total. The van der Waals surface area contributed by atoms with Crippen molar-refractivity contribution in [2.75, 3.05) is 0 Å². The standard InChI is InChI=1S/C13H19NO/c1-10-6-4-5-7-11(10)12-8-9-13(2,3)14(12)15/h4-7,12,15H,8-9H2,1-3H3. The lowest BCUT2D eigenvalue weighted by molar-refractivity contribution is -0.165. The number of aryl methyl sites for hydroxylation is 1. The van der Waals surface area contributed by atoms with E-state index >= 15 is 0 Å². The number of rotatable bonds is 1. The van der Waals surface area contributed by atoms with Crippen LogP contribution in [0.5, 0.6) is 0 Å². The van der Waals surface area contributed by atoms with Crippen molar-refractivity contribution in [1.82, 2.24) is 5.06 Å². The second-order valence-corrected chi connectivity index (χ2v) is 5.07. The molecule has 1 aromatic carbocycles. The van der Waals surface area contributed by atoms with E-state index in [-0.39, 0.29) is 11.6 Å². The molecule has 0 spiro atoms. The molecular weight excluding hydrogens is 186 g/mol. The van der Waals surface area contributed by atoms with Crippen molar-refractivity contribution in [2.24, 2.45) is 0 Å². The van der Waals surface area contributed by atoms with Gasteiger partial charge in [0.1, 0.15) is 0 Å². The SMILES string of the molecule is Cc1ccccc1C1CCC(C)(C)N1O. The Labute approximate surface area is 91.5 Å². The van der Waals surface area contributed by atoms with Gasteiger partial charge in [-0.1, -0.05) is 24.3 Å². The molecule has 1 atom stereocenters. The van der Waals surface area contributed by atoms with Crippen LogP contribution in [-0.4, -0.2) is 15.8 Å². The molecule has 0 radical (unpaired) electrons. The zero-order chi connectivity index (χ0) is 11.1. The highest BCUT2D eigenvalue weighted by atomic mass is 16.5. The van der Waals surface area contributed by atoms with Gasteiger partial charge in [-0.2, -0.15) is 5.06 Å². The molecule has 1 aliphatic heterocycles. The summed E-state index contributed by atoms with van der Waals surface area (Å²) in [6.07, 6.45) is 2.08. The first-order valence-electron chi connectivity index (χ1n) is 5.56. The van der Waals surface area contributed by atoms with Crippen LogP contribution in [0.2, 0.25) is 0 Å². The Hall–Kier alpha value is -0.860. The summed E-state index contributed by atoms with van der Waals surface area (Å²) >= 11 is 0. The van der Waals surface area contributed by atoms with Crippen LogP contribution >= 0.6 is 0 Å². The highest BCUT2D eigenvalue weighted by Gasteiger charge is 2.39. The molecule has 1 fully saturated rings. The zero-order valence-electron chi connectivity index (χ0n) is 9.70. The monoisotopic (exact) mass is 205 g/mol. The van der Waals surface area contributed by atoms with E-state index in [1.165, 1.54) is 16.2 Å². The molecule has 0 aliphatic carbocycles. The highest BCUT2D eigenvalue weighted by Crippen LogP contribution is 2.41. The third-order valence-corrected chi connectivity index (χ3v) is 3.49. The molecule has 1 saturated heterocycles. The molecule has 1 heterocycles. The third kappa shape index (κ3) is 1.80. The maximum Gasteiger partial charge on any atom is 0.0608 e. The van der Waals surface area contributed by atoms with E-state index < -0.39 is 0 Å². The van der Waals surface area contributed by atoms with E-state index in [9.17, 15) is 5.21 Å². The summed E-state index contributed by atoms with van der Waals surface area (Å²) in [6, 6.07) is 8.47. The Kier molecular flexibility index (Phi) is 2.57. The van der Waals surface area contributed by atoms with Gasteiger partial charge < -0.3 is 5.21 Å². The Balaban J connectivity index is 2.31. The van der Waals surface area contributed by atoms with E-state index in [1.54, 1.807) is 0 Å². The first-order chi connectivity index (χ1) is 7.02. The third-order valence-electron chi connectivity index (χ3n) is 3.49. The van der Waals surface area contributed by atoms with Crippen LogP contribution in [0.1, 0.15) is 43.9 Å². The minimum absolute atomic E-state index is 0.0903. The van der Waals surface area contributed by atoms with Crippen LogP contribution in [0.3, 0.4) is 0 Å². The lowest BCUT2D eigenvalue weighted by Crippen LogP contribution is -2.36. The van der Waals surface area contributed by atoms with Gasteiger partial charge in [-0.05, 0) is 44.7 Å². The largest absolute Gasteiger partial charge is 0.313 e. The zero-order valence-corrected chi connectivity index (χ0v) is 9.70. The average Bonchev–Trinajstić information content (AvgIpc) is 2.44. The Bertz CT molecular complexity index is 359. The van der Waals surface area contributed by atoms with E-state index in [0.717, 1.165) is 12.8 Å². The van der Waals surface area contributed by atoms with Crippen LogP contribution in [0, 0.1) is 6.92 Å². The lowest BCUT2D eigenvalue weighted by atomic mass is 9.99. The Morgan fingerprint density at radius 2 is 2.00 bits per heavy atom. The quantitative estimate of drug-likeness (QED) is 0.760. The fourth-order valence-electron chi connectivity index (χ4n) is 2.40. The summed E-state index contributed by atoms with van der Waals surface area (Å²) in [5.41, 5.74) is 2.43. The molecule has 0 saturated carbocycles. The van der Waals surface area contributed by atoms with Gasteiger partial charge in [-0.25, -0.2) is 0 Å². The smallest absolute Gasteiger partial charge is 0.0608 e. The van der Waals surface area contributed by atoms with Gasteiger partial charge >= 0.3 is 0 Å². The topological polar surface area (TPSA) is 23.5 Å². The first-order valence-corrected chi connectivity index (χ1v) is 5.56. The van der Waals surface area contributed by atoms with Gasteiger partial charge in [0.25, 0.3) is 0 Å². The number of nitrogens with zero attached hydrogens (tertiary/aromatic N) is 1. The minimum Gasteiger partial charge on any atom is -0.313 e. The van der Waals surface area contributed by atoms with Crippen molar-refractivity contribution in [1.29, 1.82) is 0 Å². The Morgan fingerprint density at radius 3 is 2.53 bits per heavy atom. The highest BCUT2D eigenvalue weighted by molar-refractivity contribution is 5.29. The van der Waals surface area contributed by atoms with Crippen LogP contribution in [0.15, 0.2) is 24.3 Å². The van der Waals surface area contributed by atoms with Crippen molar-refractivity contribution in [3.63, 3.8) is 0 Å². The molecule has 0 amide bonds. The van der Waals surface area contributed by atoms with Crippen molar-refractivity contribution < 1.29 is 5.21 Å². The number of hydrogen-bond acceptors (Lipinski definition) is 2. The molecule has 0 aromatic heterocycles. The maximum absolute atomic E-state index is 10.1. The van der Waals surface area contributed by atoms with E-state index in [4.69, 9.17) is 0 Å². The van der Waals surface area contributed by atoms with Crippen LogP contribution in [0.4, 0.5) is 0 Å². The van der Waals surface area contributed by atoms with Crippen LogP contribution in [0.25, 0.3) is 0 Å². The maximum atomic E-state index is 10.1. The molecule has 15 heavy (non-hydrogen) atoms. The molecular formula is C13H19NO. The summed E-state index contributed by atoms with van der Waals surface area (Å²) in [4.78, 5) is 0. The summed E-state index contributed by atoms with van der Waals surface area (Å²) in [7, 11) is 0. The minimum atomic E-state index is -0.0903. The molecule has 2 rings (SSSR count). The predicted octanol–water partition coefficient (Wildman–Crippen LogP) is 3.30. The van der Waals surface area contributed by atoms with Crippen molar-refractivity contribution in [3.8, 4) is 0 Å². The summed E-state index contributed by atoms with van der Waals surface area (Å²) in [5.74, 6) is 0. The fourth-order valence-corrected chi connectivity index (χ4v) is 2.40. The van der Waals surface area contributed by atoms with Crippen molar-refractivity contribution in [2.45, 2.75) is 45.2 Å². The van der Waals surface area contributed by atoms with Gasteiger partial charge in [0.05, 0.1) is 6.04 Å². The van der Waals surface area contributed by atoms with E-state index in [2.05, 4.69) is 32.9 Å². The molecule has 82 valence electrons. The molecule has 1 aliphatic rings. The van der Waals surface area contributed by atoms with Gasteiger partial charge in [-0.15, -0.1) is 0 Å². The molecule has 2 heteroatoms. The molecule has 2 nitrogen and oxygen atoms in total. The van der Waals surface area contributed by atoms with Gasteiger partial charge in [0.15, 0.2) is 0 Å². The average molecular weight is 205 g/mol. The van der Waals surface area contributed by atoms with Crippen LogP contribution < -0.4 is 0 Å². The predicted molar refractivity (Wildman–Crippen MR) is 60.9 cm³/mol. The normalized spacial score (nSPS) is 25.7. The number of benzene rings is 1. The molecule has 0 bridgehead atoms. The van der Waals surface area contributed by atoms with Gasteiger partial charge in [0.2, 0.25) is 0 Å². The van der Waals surface area contributed by atoms with Crippen LogP contribution in [-0.2, 0) is 0 Å². The fraction of sp³-hybridized carbons (Fsp3) is 0.538. The molecule has 1 unspecified atom stereocenters. The van der Waals surface area contributed by atoms with Crippen molar-refractivity contribution in [3.05, 3.63) is 35.4 Å². The van der Waals surface area contributed by atoms with E-state index in [1.807, 2.05) is 12.1 Å². The lowest BCUT2D eigenvalue weighted by Gasteiger charge is -2.30. The van der Waals surface area contributed by atoms with Crippen molar-refractivity contribution >= 4 is 0 Å². The second kappa shape index (κ2) is 3.62.